The van der Waals surface area contributed by atoms with Gasteiger partial charge in [-0.2, -0.15) is 0 Å². The van der Waals surface area contributed by atoms with E-state index < -0.39 is 0 Å². The fourth-order valence-electron chi connectivity index (χ4n) is 2.76. The molecule has 1 atom stereocenters. The van der Waals surface area contributed by atoms with E-state index >= 15 is 0 Å². The first kappa shape index (κ1) is 17.0. The normalized spacial score (nSPS) is 16.3. The third-order valence-electron chi connectivity index (χ3n) is 4.22. The molecule has 1 unspecified atom stereocenters. The predicted octanol–water partition coefficient (Wildman–Crippen LogP) is 3.19. The molecule has 1 heterocycles. The molecule has 2 aromatic rings. The molecule has 1 saturated heterocycles. The summed E-state index contributed by atoms with van der Waals surface area (Å²) in [5, 5.41) is 11.7. The Bertz CT molecular complexity index is 755. The Balaban J connectivity index is 1.64. The van der Waals surface area contributed by atoms with Gasteiger partial charge >= 0.3 is 6.03 Å². The zero-order valence-electron chi connectivity index (χ0n) is 14.1. The predicted molar refractivity (Wildman–Crippen MR) is 99.9 cm³/mol. The fourth-order valence-corrected chi connectivity index (χ4v) is 2.76. The number of nitrogens with one attached hydrogen (secondary N) is 4. The van der Waals surface area contributed by atoms with Crippen LogP contribution in [-0.2, 0) is 4.79 Å². The van der Waals surface area contributed by atoms with E-state index in [4.69, 9.17) is 0 Å². The highest BCUT2D eigenvalue weighted by Crippen LogP contribution is 2.22. The summed E-state index contributed by atoms with van der Waals surface area (Å²) >= 11 is 0. The number of carbonyl (C=O) groups is 2. The summed E-state index contributed by atoms with van der Waals surface area (Å²) < 4.78 is 0. The number of amides is 3. The molecule has 1 fully saturated rings. The van der Waals surface area contributed by atoms with Gasteiger partial charge in [0, 0.05) is 23.6 Å². The van der Waals surface area contributed by atoms with Gasteiger partial charge in [-0.25, -0.2) is 4.79 Å². The zero-order chi connectivity index (χ0) is 17.6. The average molecular weight is 338 g/mol. The second kappa shape index (κ2) is 7.81. The number of benzene rings is 2. The summed E-state index contributed by atoms with van der Waals surface area (Å²) in [6, 6.07) is 14.4. The standard InChI is InChI=1S/C19H22N4O2/c1-13-7-8-16(22-19(25)21-15-5-3-2-4-6-15)11-17(13)23-18(24)14-9-10-20-12-14/h2-8,11,14,20H,9-10,12H2,1H3,(H,23,24)(H2,21,22,25). The van der Waals surface area contributed by atoms with Crippen LogP contribution in [0.3, 0.4) is 0 Å². The molecular formula is C19H22N4O2. The Morgan fingerprint density at radius 3 is 2.48 bits per heavy atom. The first-order chi connectivity index (χ1) is 12.1. The highest BCUT2D eigenvalue weighted by atomic mass is 16.2. The van der Waals surface area contributed by atoms with Crippen molar-refractivity contribution in [3.05, 3.63) is 54.1 Å². The van der Waals surface area contributed by atoms with Crippen LogP contribution in [0.2, 0.25) is 0 Å². The van der Waals surface area contributed by atoms with Crippen LogP contribution < -0.4 is 21.3 Å². The summed E-state index contributed by atoms with van der Waals surface area (Å²) in [5.74, 6) is 0.0105. The number of hydrogen-bond acceptors (Lipinski definition) is 3. The summed E-state index contributed by atoms with van der Waals surface area (Å²) in [6.07, 6.45) is 0.850. The molecule has 130 valence electrons. The van der Waals surface area contributed by atoms with Crippen molar-refractivity contribution in [3.8, 4) is 0 Å². The lowest BCUT2D eigenvalue weighted by molar-refractivity contribution is -0.119. The number of para-hydroxylation sites is 1. The molecule has 0 radical (unpaired) electrons. The monoisotopic (exact) mass is 338 g/mol. The molecule has 3 amide bonds. The summed E-state index contributed by atoms with van der Waals surface area (Å²) in [5.41, 5.74) is 3.01. The maximum atomic E-state index is 12.3. The Morgan fingerprint density at radius 1 is 1.00 bits per heavy atom. The van der Waals surface area contributed by atoms with Crippen molar-refractivity contribution in [2.45, 2.75) is 13.3 Å². The Kier molecular flexibility index (Phi) is 5.30. The second-order valence-corrected chi connectivity index (χ2v) is 6.15. The van der Waals surface area contributed by atoms with Gasteiger partial charge in [-0.3, -0.25) is 4.79 Å². The van der Waals surface area contributed by atoms with Crippen LogP contribution in [0.25, 0.3) is 0 Å². The second-order valence-electron chi connectivity index (χ2n) is 6.15. The van der Waals surface area contributed by atoms with Gasteiger partial charge in [-0.15, -0.1) is 0 Å². The van der Waals surface area contributed by atoms with Crippen LogP contribution >= 0.6 is 0 Å². The minimum atomic E-state index is -0.327. The Labute approximate surface area is 147 Å². The molecule has 3 rings (SSSR count). The highest BCUT2D eigenvalue weighted by molar-refractivity contribution is 6.00. The average Bonchev–Trinajstić information content (AvgIpc) is 3.13. The minimum Gasteiger partial charge on any atom is -0.325 e. The van der Waals surface area contributed by atoms with Gasteiger partial charge in [-0.1, -0.05) is 24.3 Å². The quantitative estimate of drug-likeness (QED) is 0.691. The SMILES string of the molecule is Cc1ccc(NC(=O)Nc2ccccc2)cc1NC(=O)C1CCNC1. The molecule has 4 N–H and O–H groups in total. The molecule has 0 aliphatic carbocycles. The van der Waals surface area contributed by atoms with Crippen molar-refractivity contribution >= 4 is 29.0 Å². The van der Waals surface area contributed by atoms with Crippen LogP contribution in [0.1, 0.15) is 12.0 Å². The van der Waals surface area contributed by atoms with Crippen molar-refractivity contribution in [1.29, 1.82) is 0 Å². The molecule has 0 aromatic heterocycles. The molecule has 0 saturated carbocycles. The number of urea groups is 1. The third-order valence-corrected chi connectivity index (χ3v) is 4.22. The van der Waals surface area contributed by atoms with E-state index in [0.717, 1.165) is 29.9 Å². The van der Waals surface area contributed by atoms with E-state index in [2.05, 4.69) is 21.3 Å². The van der Waals surface area contributed by atoms with Crippen LogP contribution in [0.4, 0.5) is 21.9 Å². The van der Waals surface area contributed by atoms with Crippen molar-refractivity contribution < 1.29 is 9.59 Å². The van der Waals surface area contributed by atoms with Gasteiger partial charge in [0.05, 0.1) is 5.92 Å². The number of aryl methyl sites for hydroxylation is 1. The molecule has 25 heavy (non-hydrogen) atoms. The molecule has 1 aliphatic rings. The van der Waals surface area contributed by atoms with Crippen molar-refractivity contribution in [2.75, 3.05) is 29.0 Å². The Hall–Kier alpha value is -2.86. The molecule has 0 spiro atoms. The topological polar surface area (TPSA) is 82.3 Å². The van der Waals surface area contributed by atoms with Crippen LogP contribution in [-0.4, -0.2) is 25.0 Å². The summed E-state index contributed by atoms with van der Waals surface area (Å²) in [7, 11) is 0. The lowest BCUT2D eigenvalue weighted by Crippen LogP contribution is -2.25. The van der Waals surface area contributed by atoms with Gasteiger partial charge in [-0.05, 0) is 49.7 Å². The fraction of sp³-hybridized carbons (Fsp3) is 0.263. The van der Waals surface area contributed by atoms with Crippen LogP contribution in [0.5, 0.6) is 0 Å². The van der Waals surface area contributed by atoms with E-state index in [9.17, 15) is 9.59 Å². The molecule has 6 nitrogen and oxygen atoms in total. The smallest absolute Gasteiger partial charge is 0.323 e. The van der Waals surface area contributed by atoms with Crippen LogP contribution in [0, 0.1) is 12.8 Å². The minimum absolute atomic E-state index is 0.00241. The molecule has 2 aromatic carbocycles. The van der Waals surface area contributed by atoms with Gasteiger partial charge in [0.1, 0.15) is 0 Å². The van der Waals surface area contributed by atoms with Gasteiger partial charge in [0.25, 0.3) is 0 Å². The number of carbonyl (C=O) groups excluding carboxylic acids is 2. The van der Waals surface area contributed by atoms with Crippen molar-refractivity contribution in [1.82, 2.24) is 5.32 Å². The lowest BCUT2D eigenvalue weighted by atomic mass is 10.1. The van der Waals surface area contributed by atoms with Crippen molar-refractivity contribution in [3.63, 3.8) is 0 Å². The van der Waals surface area contributed by atoms with Gasteiger partial charge in [0.2, 0.25) is 5.91 Å². The highest BCUT2D eigenvalue weighted by Gasteiger charge is 2.22. The summed E-state index contributed by atoms with van der Waals surface area (Å²) in [6.45, 7) is 3.51. The number of anilines is 3. The first-order valence-electron chi connectivity index (χ1n) is 8.37. The maximum Gasteiger partial charge on any atom is 0.323 e. The van der Waals surface area contributed by atoms with E-state index in [0.29, 0.717) is 12.2 Å². The lowest BCUT2D eigenvalue weighted by Gasteiger charge is -2.14. The van der Waals surface area contributed by atoms with E-state index in [1.807, 2.05) is 49.4 Å². The van der Waals surface area contributed by atoms with Crippen molar-refractivity contribution in [2.24, 2.45) is 5.92 Å². The number of hydrogen-bond donors (Lipinski definition) is 4. The van der Waals surface area contributed by atoms with Gasteiger partial charge < -0.3 is 21.3 Å². The molecule has 1 aliphatic heterocycles. The third kappa shape index (κ3) is 4.58. The number of rotatable bonds is 4. The summed E-state index contributed by atoms with van der Waals surface area (Å²) in [4.78, 5) is 24.4. The largest absolute Gasteiger partial charge is 0.325 e. The first-order valence-corrected chi connectivity index (χ1v) is 8.37. The molecule has 0 bridgehead atoms. The Morgan fingerprint density at radius 2 is 1.76 bits per heavy atom. The van der Waals surface area contributed by atoms with E-state index in [-0.39, 0.29) is 17.9 Å². The van der Waals surface area contributed by atoms with E-state index in [1.165, 1.54) is 0 Å². The maximum absolute atomic E-state index is 12.3. The zero-order valence-corrected chi connectivity index (χ0v) is 14.1. The molecule has 6 heteroatoms. The van der Waals surface area contributed by atoms with Gasteiger partial charge in [0.15, 0.2) is 0 Å². The van der Waals surface area contributed by atoms with Crippen LogP contribution in [0.15, 0.2) is 48.5 Å². The molecular weight excluding hydrogens is 316 g/mol. The van der Waals surface area contributed by atoms with E-state index in [1.54, 1.807) is 6.07 Å².